The van der Waals surface area contributed by atoms with Gasteiger partial charge in [0, 0.05) is 6.08 Å². The first kappa shape index (κ1) is 11.8. The first-order valence-electron chi connectivity index (χ1n) is 5.22. The number of aromatic nitrogens is 3. The van der Waals surface area contributed by atoms with E-state index in [1.54, 1.807) is 18.2 Å². The van der Waals surface area contributed by atoms with Gasteiger partial charge in [-0.25, -0.2) is 19.3 Å². The van der Waals surface area contributed by atoms with Gasteiger partial charge in [-0.1, -0.05) is 6.07 Å². The number of benzene rings is 1. The van der Waals surface area contributed by atoms with Crippen molar-refractivity contribution in [1.82, 2.24) is 14.8 Å². The highest BCUT2D eigenvalue weighted by Crippen LogP contribution is 2.15. The quantitative estimate of drug-likeness (QED) is 0.788. The Kier molecular flexibility index (Phi) is 3.09. The monoisotopic (exact) mass is 245 g/mol. The van der Waals surface area contributed by atoms with Crippen molar-refractivity contribution in [3.8, 4) is 5.69 Å². The van der Waals surface area contributed by atoms with E-state index in [0.29, 0.717) is 5.69 Å². The van der Waals surface area contributed by atoms with Crippen LogP contribution in [0.25, 0.3) is 11.8 Å². The van der Waals surface area contributed by atoms with Crippen molar-refractivity contribution in [1.29, 1.82) is 0 Å². The fraction of sp³-hybridized carbons (Fsp3) is 0.0833. The summed E-state index contributed by atoms with van der Waals surface area (Å²) in [5, 5.41) is 14.5. The van der Waals surface area contributed by atoms with E-state index in [1.807, 2.05) is 6.92 Å². The number of carboxylic acids is 1. The molecule has 0 aliphatic carbocycles. The number of H-pyrrole nitrogens is 1. The normalized spacial score (nSPS) is 10.9. The molecule has 18 heavy (non-hydrogen) atoms. The lowest BCUT2D eigenvalue weighted by Gasteiger charge is -2.05. The van der Waals surface area contributed by atoms with E-state index >= 15 is 0 Å². The number of hydrogen-bond donors (Lipinski definition) is 2. The van der Waals surface area contributed by atoms with Crippen LogP contribution in [0.3, 0.4) is 0 Å². The average molecular weight is 245 g/mol. The van der Waals surface area contributed by atoms with E-state index in [-0.39, 0.29) is 5.69 Å². The maximum absolute atomic E-state index is 11.4. The van der Waals surface area contributed by atoms with Crippen molar-refractivity contribution < 1.29 is 9.90 Å². The maximum Gasteiger partial charge on any atom is 0.347 e. The number of carbonyl (C=O) groups is 1. The summed E-state index contributed by atoms with van der Waals surface area (Å²) >= 11 is 0. The number of nitrogens with one attached hydrogen (secondary N) is 1. The van der Waals surface area contributed by atoms with Crippen LogP contribution in [-0.2, 0) is 4.79 Å². The third-order valence-electron chi connectivity index (χ3n) is 2.45. The number of aromatic amines is 1. The predicted molar refractivity (Wildman–Crippen MR) is 65.6 cm³/mol. The topological polar surface area (TPSA) is 88.0 Å². The summed E-state index contributed by atoms with van der Waals surface area (Å²) in [4.78, 5) is 21.8. The molecule has 0 aliphatic rings. The van der Waals surface area contributed by atoms with Gasteiger partial charge in [0.2, 0.25) is 0 Å². The van der Waals surface area contributed by atoms with Crippen molar-refractivity contribution >= 4 is 12.0 Å². The number of aliphatic carboxylic acids is 1. The summed E-state index contributed by atoms with van der Waals surface area (Å²) in [7, 11) is 0. The smallest absolute Gasteiger partial charge is 0.347 e. The van der Waals surface area contributed by atoms with Gasteiger partial charge in [0.25, 0.3) is 0 Å². The molecule has 0 atom stereocenters. The van der Waals surface area contributed by atoms with E-state index in [4.69, 9.17) is 5.11 Å². The second-order valence-corrected chi connectivity index (χ2v) is 3.75. The number of hydrogen-bond acceptors (Lipinski definition) is 3. The fourth-order valence-electron chi connectivity index (χ4n) is 1.64. The van der Waals surface area contributed by atoms with Gasteiger partial charge < -0.3 is 5.11 Å². The lowest BCUT2D eigenvalue weighted by atomic mass is 10.1. The van der Waals surface area contributed by atoms with Crippen molar-refractivity contribution in [2.24, 2.45) is 0 Å². The molecule has 0 amide bonds. The molecule has 0 spiro atoms. The Bertz CT molecular complexity index is 667. The Morgan fingerprint density at radius 3 is 2.83 bits per heavy atom. The summed E-state index contributed by atoms with van der Waals surface area (Å²) in [6, 6.07) is 5.28. The fourth-order valence-corrected chi connectivity index (χ4v) is 1.64. The van der Waals surface area contributed by atoms with E-state index in [2.05, 4.69) is 10.2 Å². The molecular weight excluding hydrogens is 234 g/mol. The SMILES string of the molecule is Cc1cc(/C=C/C(=O)O)ccc1-n1cn[nH]c1=O. The molecule has 0 saturated heterocycles. The van der Waals surface area contributed by atoms with Gasteiger partial charge >= 0.3 is 11.7 Å². The van der Waals surface area contributed by atoms with Crippen molar-refractivity contribution in [3.05, 3.63) is 52.2 Å². The lowest BCUT2D eigenvalue weighted by Crippen LogP contribution is -2.15. The minimum absolute atomic E-state index is 0.313. The number of aryl methyl sites for hydroxylation is 1. The van der Waals surface area contributed by atoms with Gasteiger partial charge in [0.15, 0.2) is 0 Å². The Hall–Kier alpha value is -2.63. The second-order valence-electron chi connectivity index (χ2n) is 3.75. The Morgan fingerprint density at radius 1 is 1.50 bits per heavy atom. The van der Waals surface area contributed by atoms with Gasteiger partial charge in [0.1, 0.15) is 6.33 Å². The Morgan fingerprint density at radius 2 is 2.28 bits per heavy atom. The molecule has 92 valence electrons. The van der Waals surface area contributed by atoms with E-state index < -0.39 is 5.97 Å². The number of carboxylic acid groups (broad SMARTS) is 1. The van der Waals surface area contributed by atoms with Gasteiger partial charge in [0.05, 0.1) is 5.69 Å². The van der Waals surface area contributed by atoms with Gasteiger partial charge in [-0.3, -0.25) is 0 Å². The highest BCUT2D eigenvalue weighted by molar-refractivity contribution is 5.85. The largest absolute Gasteiger partial charge is 0.478 e. The maximum atomic E-state index is 11.4. The first-order valence-corrected chi connectivity index (χ1v) is 5.22. The van der Waals surface area contributed by atoms with Gasteiger partial charge in [-0.2, -0.15) is 5.10 Å². The predicted octanol–water partition coefficient (Wildman–Crippen LogP) is 0.967. The summed E-state index contributed by atoms with van der Waals surface area (Å²) < 4.78 is 1.39. The molecule has 2 aromatic rings. The molecule has 0 radical (unpaired) electrons. The van der Waals surface area contributed by atoms with Crippen molar-refractivity contribution in [2.45, 2.75) is 6.92 Å². The highest BCUT2D eigenvalue weighted by atomic mass is 16.4. The summed E-state index contributed by atoms with van der Waals surface area (Å²) in [6.45, 7) is 1.84. The zero-order valence-corrected chi connectivity index (χ0v) is 9.62. The molecule has 1 aromatic carbocycles. The minimum Gasteiger partial charge on any atom is -0.478 e. The van der Waals surface area contributed by atoms with Crippen LogP contribution in [0, 0.1) is 6.92 Å². The first-order chi connectivity index (χ1) is 8.58. The summed E-state index contributed by atoms with van der Waals surface area (Å²) in [5.74, 6) is -0.997. The molecule has 0 aliphatic heterocycles. The molecular formula is C12H11N3O3. The molecule has 2 rings (SSSR count). The van der Waals surface area contributed by atoms with E-state index in [9.17, 15) is 9.59 Å². The third kappa shape index (κ3) is 2.37. The molecule has 1 aromatic heterocycles. The second kappa shape index (κ2) is 4.70. The number of nitrogens with zero attached hydrogens (tertiary/aromatic N) is 2. The third-order valence-corrected chi connectivity index (χ3v) is 2.45. The molecule has 6 nitrogen and oxygen atoms in total. The molecule has 6 heteroatoms. The molecule has 2 N–H and O–H groups in total. The van der Waals surface area contributed by atoms with Crippen LogP contribution < -0.4 is 5.69 Å². The van der Waals surface area contributed by atoms with Crippen LogP contribution in [0.1, 0.15) is 11.1 Å². The van der Waals surface area contributed by atoms with Crippen molar-refractivity contribution in [2.75, 3.05) is 0 Å². The van der Waals surface area contributed by atoms with E-state index in [1.165, 1.54) is 17.0 Å². The van der Waals surface area contributed by atoms with Crippen LogP contribution in [0.5, 0.6) is 0 Å². The van der Waals surface area contributed by atoms with Crippen LogP contribution in [0.15, 0.2) is 35.4 Å². The minimum atomic E-state index is -0.997. The van der Waals surface area contributed by atoms with E-state index in [0.717, 1.165) is 17.2 Å². The van der Waals surface area contributed by atoms with Crippen LogP contribution in [0.4, 0.5) is 0 Å². The van der Waals surface area contributed by atoms with Crippen molar-refractivity contribution in [3.63, 3.8) is 0 Å². The standard InChI is InChI=1S/C12H11N3O3/c1-8-6-9(3-5-11(16)17)2-4-10(8)15-7-13-14-12(15)18/h2-7H,1H3,(H,14,18)(H,16,17)/b5-3+. The summed E-state index contributed by atoms with van der Waals surface area (Å²) in [5.41, 5.74) is 2.01. The van der Waals surface area contributed by atoms with Crippen LogP contribution >= 0.6 is 0 Å². The summed E-state index contributed by atoms with van der Waals surface area (Å²) in [6.07, 6.45) is 3.97. The van der Waals surface area contributed by atoms with Crippen LogP contribution in [0.2, 0.25) is 0 Å². The molecule has 1 heterocycles. The zero-order valence-electron chi connectivity index (χ0n) is 9.62. The Labute approximate surface area is 102 Å². The average Bonchev–Trinajstić information content (AvgIpc) is 2.73. The molecule has 0 fully saturated rings. The Balaban J connectivity index is 2.40. The van der Waals surface area contributed by atoms with Crippen LogP contribution in [-0.4, -0.2) is 25.8 Å². The molecule has 0 bridgehead atoms. The van der Waals surface area contributed by atoms with Gasteiger partial charge in [-0.05, 0) is 36.3 Å². The van der Waals surface area contributed by atoms with Gasteiger partial charge in [-0.15, -0.1) is 0 Å². The highest BCUT2D eigenvalue weighted by Gasteiger charge is 2.04. The number of rotatable bonds is 3. The lowest BCUT2D eigenvalue weighted by molar-refractivity contribution is -0.131. The zero-order chi connectivity index (χ0) is 13.1. The molecule has 0 saturated carbocycles. The molecule has 0 unspecified atom stereocenters.